The molecule has 1 aliphatic rings. The molecule has 0 spiro atoms. The van der Waals surface area contributed by atoms with E-state index in [9.17, 15) is 0 Å². The van der Waals surface area contributed by atoms with Gasteiger partial charge in [0.05, 0.1) is 0 Å². The summed E-state index contributed by atoms with van der Waals surface area (Å²) in [6, 6.07) is 6.78. The standard InChI is InChI=1S/C12H17N/c1-10-5-6-12(9-11(10)2)13-7-3-4-8-13/h5-6,9H,3-4,7-8H2,1-2H3. The van der Waals surface area contributed by atoms with Crippen molar-refractivity contribution in [2.24, 2.45) is 0 Å². The molecule has 0 aliphatic carbocycles. The van der Waals surface area contributed by atoms with Crippen LogP contribution in [0.5, 0.6) is 0 Å². The van der Waals surface area contributed by atoms with Crippen LogP contribution in [0.4, 0.5) is 5.69 Å². The molecular formula is C12H17N. The third-order valence-electron chi connectivity index (χ3n) is 2.96. The summed E-state index contributed by atoms with van der Waals surface area (Å²) in [7, 11) is 0. The Hall–Kier alpha value is -0.980. The summed E-state index contributed by atoms with van der Waals surface area (Å²) in [6.45, 7) is 6.84. The fourth-order valence-electron chi connectivity index (χ4n) is 1.90. The number of hydrogen-bond acceptors (Lipinski definition) is 1. The van der Waals surface area contributed by atoms with Gasteiger partial charge < -0.3 is 4.90 Å². The fraction of sp³-hybridized carbons (Fsp3) is 0.500. The molecule has 1 saturated heterocycles. The van der Waals surface area contributed by atoms with Crippen molar-refractivity contribution in [3.05, 3.63) is 29.3 Å². The van der Waals surface area contributed by atoms with Crippen molar-refractivity contribution in [3.63, 3.8) is 0 Å². The second-order valence-electron chi connectivity index (χ2n) is 3.96. The second-order valence-corrected chi connectivity index (χ2v) is 3.96. The minimum absolute atomic E-state index is 1.24. The molecule has 0 saturated carbocycles. The maximum absolute atomic E-state index is 2.48. The number of aryl methyl sites for hydroxylation is 2. The van der Waals surface area contributed by atoms with Crippen molar-refractivity contribution < 1.29 is 0 Å². The Kier molecular flexibility index (Phi) is 2.26. The molecule has 0 aromatic heterocycles. The van der Waals surface area contributed by atoms with E-state index in [1.807, 2.05) is 0 Å². The third kappa shape index (κ3) is 1.69. The smallest absolute Gasteiger partial charge is 0.0369 e. The predicted octanol–water partition coefficient (Wildman–Crippen LogP) is 2.90. The first-order chi connectivity index (χ1) is 6.27. The highest BCUT2D eigenvalue weighted by molar-refractivity contribution is 5.51. The molecule has 1 aromatic carbocycles. The third-order valence-corrected chi connectivity index (χ3v) is 2.96. The van der Waals surface area contributed by atoms with Gasteiger partial charge in [-0.1, -0.05) is 6.07 Å². The Bertz CT molecular complexity index is 298. The molecule has 13 heavy (non-hydrogen) atoms. The van der Waals surface area contributed by atoms with E-state index in [2.05, 4.69) is 36.9 Å². The zero-order valence-electron chi connectivity index (χ0n) is 8.51. The number of hydrogen-bond donors (Lipinski definition) is 0. The Balaban J connectivity index is 2.25. The van der Waals surface area contributed by atoms with Crippen molar-refractivity contribution in [3.8, 4) is 0 Å². The van der Waals surface area contributed by atoms with Gasteiger partial charge in [0.25, 0.3) is 0 Å². The van der Waals surface area contributed by atoms with Gasteiger partial charge >= 0.3 is 0 Å². The summed E-state index contributed by atoms with van der Waals surface area (Å²) in [5.74, 6) is 0. The second kappa shape index (κ2) is 3.41. The molecule has 0 bridgehead atoms. The summed E-state index contributed by atoms with van der Waals surface area (Å²) in [6.07, 6.45) is 2.71. The molecule has 0 atom stereocenters. The monoisotopic (exact) mass is 175 g/mol. The fourth-order valence-corrected chi connectivity index (χ4v) is 1.90. The van der Waals surface area contributed by atoms with Crippen molar-refractivity contribution >= 4 is 5.69 Å². The minimum Gasteiger partial charge on any atom is -0.372 e. The van der Waals surface area contributed by atoms with Gasteiger partial charge in [0, 0.05) is 18.8 Å². The van der Waals surface area contributed by atoms with Gasteiger partial charge in [0.2, 0.25) is 0 Å². The molecule has 1 nitrogen and oxygen atoms in total. The molecular weight excluding hydrogens is 158 g/mol. The van der Waals surface area contributed by atoms with Crippen LogP contribution in [0.3, 0.4) is 0 Å². The summed E-state index contributed by atoms with van der Waals surface area (Å²) >= 11 is 0. The molecule has 0 N–H and O–H groups in total. The Morgan fingerprint density at radius 3 is 2.31 bits per heavy atom. The first-order valence-electron chi connectivity index (χ1n) is 5.09. The maximum atomic E-state index is 2.48. The van der Waals surface area contributed by atoms with Crippen LogP contribution < -0.4 is 4.90 Å². The van der Waals surface area contributed by atoms with Crippen LogP contribution in [0.25, 0.3) is 0 Å². The highest BCUT2D eigenvalue weighted by Gasteiger charge is 2.11. The predicted molar refractivity (Wildman–Crippen MR) is 57.4 cm³/mol. The van der Waals surface area contributed by atoms with Crippen molar-refractivity contribution in [1.82, 2.24) is 0 Å². The largest absolute Gasteiger partial charge is 0.372 e. The molecule has 1 fully saturated rings. The molecule has 0 amide bonds. The zero-order valence-corrected chi connectivity index (χ0v) is 8.51. The van der Waals surface area contributed by atoms with Crippen LogP contribution in [0.2, 0.25) is 0 Å². The summed E-state index contributed by atoms with van der Waals surface area (Å²) in [5.41, 5.74) is 4.20. The van der Waals surface area contributed by atoms with Crippen LogP contribution in [-0.2, 0) is 0 Å². The molecule has 0 radical (unpaired) electrons. The van der Waals surface area contributed by atoms with Gasteiger partial charge in [-0.15, -0.1) is 0 Å². The summed E-state index contributed by atoms with van der Waals surface area (Å²) in [5, 5.41) is 0. The van der Waals surface area contributed by atoms with E-state index in [4.69, 9.17) is 0 Å². The van der Waals surface area contributed by atoms with Gasteiger partial charge in [-0.2, -0.15) is 0 Å². The average Bonchev–Trinajstić information content (AvgIpc) is 2.62. The lowest BCUT2D eigenvalue weighted by molar-refractivity contribution is 0.949. The van der Waals surface area contributed by atoms with E-state index in [1.165, 1.54) is 42.7 Å². The number of rotatable bonds is 1. The lowest BCUT2D eigenvalue weighted by Crippen LogP contribution is -2.17. The first-order valence-corrected chi connectivity index (χ1v) is 5.09. The lowest BCUT2D eigenvalue weighted by atomic mass is 10.1. The van der Waals surface area contributed by atoms with Gasteiger partial charge in [-0.05, 0) is 49.9 Å². The molecule has 1 aromatic rings. The summed E-state index contributed by atoms with van der Waals surface area (Å²) < 4.78 is 0. The lowest BCUT2D eigenvalue weighted by Gasteiger charge is -2.18. The van der Waals surface area contributed by atoms with E-state index in [0.29, 0.717) is 0 Å². The summed E-state index contributed by atoms with van der Waals surface area (Å²) in [4.78, 5) is 2.48. The van der Waals surface area contributed by atoms with E-state index in [0.717, 1.165) is 0 Å². The number of benzene rings is 1. The molecule has 1 heteroatoms. The average molecular weight is 175 g/mol. The van der Waals surface area contributed by atoms with E-state index < -0.39 is 0 Å². The Morgan fingerprint density at radius 1 is 1.00 bits per heavy atom. The normalized spacial score (nSPS) is 16.6. The van der Waals surface area contributed by atoms with Gasteiger partial charge in [0.1, 0.15) is 0 Å². The Labute approximate surface area is 80.4 Å². The SMILES string of the molecule is Cc1ccc(N2CCCC2)cc1C. The van der Waals surface area contributed by atoms with E-state index in [1.54, 1.807) is 0 Å². The van der Waals surface area contributed by atoms with E-state index in [-0.39, 0.29) is 0 Å². The van der Waals surface area contributed by atoms with Crippen LogP contribution in [-0.4, -0.2) is 13.1 Å². The van der Waals surface area contributed by atoms with Crippen LogP contribution in [0.15, 0.2) is 18.2 Å². The van der Waals surface area contributed by atoms with Gasteiger partial charge in [0.15, 0.2) is 0 Å². The highest BCUT2D eigenvalue weighted by Crippen LogP contribution is 2.22. The van der Waals surface area contributed by atoms with Gasteiger partial charge in [-0.25, -0.2) is 0 Å². The van der Waals surface area contributed by atoms with Crippen molar-refractivity contribution in [2.45, 2.75) is 26.7 Å². The van der Waals surface area contributed by atoms with Crippen LogP contribution in [0.1, 0.15) is 24.0 Å². The van der Waals surface area contributed by atoms with Crippen LogP contribution >= 0.6 is 0 Å². The van der Waals surface area contributed by atoms with Crippen molar-refractivity contribution in [2.75, 3.05) is 18.0 Å². The minimum atomic E-state index is 1.24. The number of nitrogens with zero attached hydrogens (tertiary/aromatic N) is 1. The Morgan fingerprint density at radius 2 is 1.69 bits per heavy atom. The first kappa shape index (κ1) is 8.61. The van der Waals surface area contributed by atoms with E-state index >= 15 is 0 Å². The van der Waals surface area contributed by atoms with Gasteiger partial charge in [-0.3, -0.25) is 0 Å². The topological polar surface area (TPSA) is 3.24 Å². The van der Waals surface area contributed by atoms with Crippen LogP contribution in [0, 0.1) is 13.8 Å². The quantitative estimate of drug-likeness (QED) is 0.634. The molecule has 0 unspecified atom stereocenters. The molecule has 70 valence electrons. The highest BCUT2D eigenvalue weighted by atomic mass is 15.1. The molecule has 1 aliphatic heterocycles. The maximum Gasteiger partial charge on any atom is 0.0369 e. The zero-order chi connectivity index (χ0) is 9.26. The molecule has 2 rings (SSSR count). The van der Waals surface area contributed by atoms with Crippen molar-refractivity contribution in [1.29, 1.82) is 0 Å². The number of anilines is 1. The molecule has 1 heterocycles.